The fourth-order valence-electron chi connectivity index (χ4n) is 4.98. The summed E-state index contributed by atoms with van der Waals surface area (Å²) in [5.74, 6) is 0.412. The second kappa shape index (κ2) is 11.9. The summed E-state index contributed by atoms with van der Waals surface area (Å²) in [6.45, 7) is 3.24. The number of hydrogen-bond acceptors (Lipinski definition) is 6. The Morgan fingerprint density at radius 3 is 2.51 bits per heavy atom. The molecular weight excluding hydrogens is 538 g/mol. The van der Waals surface area contributed by atoms with Crippen LogP contribution in [0.25, 0.3) is 0 Å². The van der Waals surface area contributed by atoms with Gasteiger partial charge in [0.25, 0.3) is 15.9 Å². The predicted octanol–water partition coefficient (Wildman–Crippen LogP) is 4.61. The first kappa shape index (κ1) is 27.3. The van der Waals surface area contributed by atoms with Crippen LogP contribution in [0, 0.1) is 0 Å². The highest BCUT2D eigenvalue weighted by Crippen LogP contribution is 2.39. The summed E-state index contributed by atoms with van der Waals surface area (Å²) in [7, 11) is -2.50. The summed E-state index contributed by atoms with van der Waals surface area (Å²) < 4.78 is 39.6. The topological polar surface area (TPSA) is 88.2 Å². The van der Waals surface area contributed by atoms with E-state index in [1.54, 1.807) is 24.3 Å². The molecule has 2 aliphatic rings. The quantitative estimate of drug-likeness (QED) is 0.426. The smallest absolute Gasteiger partial charge is 0.264 e. The molecule has 5 rings (SSSR count). The number of benzene rings is 3. The van der Waals surface area contributed by atoms with Gasteiger partial charge in [0.05, 0.1) is 24.2 Å². The van der Waals surface area contributed by atoms with E-state index in [1.807, 2.05) is 12.1 Å². The van der Waals surface area contributed by atoms with Crippen LogP contribution in [0.15, 0.2) is 71.6 Å². The van der Waals surface area contributed by atoms with E-state index >= 15 is 0 Å². The number of rotatable bonds is 8. The van der Waals surface area contributed by atoms with Crippen LogP contribution in [-0.4, -0.2) is 52.1 Å². The van der Waals surface area contributed by atoms with Gasteiger partial charge in [-0.15, -0.1) is 0 Å². The molecule has 39 heavy (non-hydrogen) atoms. The number of nitrogens with zero attached hydrogens (tertiary/aromatic N) is 2. The average Bonchev–Trinajstić information content (AvgIpc) is 2.96. The number of halogens is 1. The molecule has 8 nitrogen and oxygen atoms in total. The van der Waals surface area contributed by atoms with Gasteiger partial charge in [0.15, 0.2) is 6.10 Å². The molecule has 0 aliphatic carbocycles. The van der Waals surface area contributed by atoms with Crippen molar-refractivity contribution >= 4 is 33.2 Å². The molecule has 1 atom stereocenters. The highest BCUT2D eigenvalue weighted by atomic mass is 35.5. The van der Waals surface area contributed by atoms with Crippen molar-refractivity contribution in [3.8, 4) is 11.5 Å². The van der Waals surface area contributed by atoms with Crippen LogP contribution in [0.2, 0.25) is 5.02 Å². The Bertz CT molecular complexity index is 1430. The predicted molar refractivity (Wildman–Crippen MR) is 151 cm³/mol. The van der Waals surface area contributed by atoms with Crippen molar-refractivity contribution < 1.29 is 22.7 Å². The Morgan fingerprint density at radius 2 is 1.77 bits per heavy atom. The third-order valence-corrected chi connectivity index (χ3v) is 9.07. The fraction of sp³-hybridized carbons (Fsp3) is 0.345. The highest BCUT2D eigenvalue weighted by molar-refractivity contribution is 7.92. The molecule has 1 saturated heterocycles. The van der Waals surface area contributed by atoms with Crippen molar-refractivity contribution in [2.75, 3.05) is 31.0 Å². The minimum Gasteiger partial charge on any atom is -0.497 e. The van der Waals surface area contributed by atoms with Gasteiger partial charge < -0.3 is 14.8 Å². The Morgan fingerprint density at radius 1 is 1.03 bits per heavy atom. The van der Waals surface area contributed by atoms with Crippen LogP contribution >= 0.6 is 11.6 Å². The fourth-order valence-corrected chi connectivity index (χ4v) is 6.61. The van der Waals surface area contributed by atoms with Crippen molar-refractivity contribution in [2.45, 2.75) is 43.4 Å². The van der Waals surface area contributed by atoms with E-state index in [0.29, 0.717) is 17.3 Å². The summed E-state index contributed by atoms with van der Waals surface area (Å²) in [5, 5.41) is 3.29. The number of ether oxygens (including phenoxy) is 2. The summed E-state index contributed by atoms with van der Waals surface area (Å²) in [4.78, 5) is 15.8. The lowest BCUT2D eigenvalue weighted by molar-refractivity contribution is -0.127. The first-order chi connectivity index (χ1) is 18.8. The summed E-state index contributed by atoms with van der Waals surface area (Å²) in [6.07, 6.45) is 2.72. The number of carbonyl (C=O) groups is 1. The number of hydrogen-bond donors (Lipinski definition) is 1. The number of sulfonamides is 1. The van der Waals surface area contributed by atoms with Crippen molar-refractivity contribution in [1.82, 2.24) is 10.2 Å². The van der Waals surface area contributed by atoms with Gasteiger partial charge in [-0.3, -0.25) is 14.0 Å². The number of nitrogens with one attached hydrogen (secondary N) is 1. The van der Waals surface area contributed by atoms with E-state index in [0.717, 1.165) is 25.2 Å². The lowest BCUT2D eigenvalue weighted by Crippen LogP contribution is -2.50. The van der Waals surface area contributed by atoms with Crippen LogP contribution in [0.5, 0.6) is 11.5 Å². The minimum absolute atomic E-state index is 0.0702. The standard InChI is InChI=1S/C29H32ClN3O5S/c1-37-24-9-11-25(12-10-24)39(35,36)33-20-28(38-27-13-8-23(30)17-26(27)33)29(34)31-18-21-6-5-7-22(16-21)19-32-14-3-2-4-15-32/h5-13,16-17,28H,2-4,14-15,18-20H2,1H3,(H,31,34)/t28-/m1/s1. The van der Waals surface area contributed by atoms with Gasteiger partial charge in [-0.05, 0) is 79.5 Å². The molecular formula is C29H32ClN3O5S. The van der Waals surface area contributed by atoms with Crippen molar-refractivity contribution in [2.24, 2.45) is 0 Å². The number of amides is 1. The molecule has 1 amide bonds. The molecule has 1 fully saturated rings. The third-order valence-electron chi connectivity index (χ3n) is 7.04. The summed E-state index contributed by atoms with van der Waals surface area (Å²) in [5.41, 5.74) is 2.47. The largest absolute Gasteiger partial charge is 0.497 e. The normalized spacial score (nSPS) is 17.7. The maximum Gasteiger partial charge on any atom is 0.264 e. The molecule has 3 aromatic carbocycles. The van der Waals surface area contributed by atoms with Crippen molar-refractivity contribution in [1.29, 1.82) is 0 Å². The van der Waals surface area contributed by atoms with Crippen molar-refractivity contribution in [3.05, 3.63) is 82.9 Å². The van der Waals surface area contributed by atoms with E-state index in [-0.39, 0.29) is 22.9 Å². The molecule has 0 aromatic heterocycles. The molecule has 0 saturated carbocycles. The molecule has 206 valence electrons. The lowest BCUT2D eigenvalue weighted by atomic mass is 10.1. The van der Waals surface area contributed by atoms with Gasteiger partial charge in [-0.2, -0.15) is 0 Å². The molecule has 3 aromatic rings. The molecule has 0 radical (unpaired) electrons. The van der Waals surface area contributed by atoms with E-state index in [2.05, 4.69) is 22.3 Å². The van der Waals surface area contributed by atoms with E-state index in [1.165, 1.54) is 54.4 Å². The van der Waals surface area contributed by atoms with Gasteiger partial charge in [0, 0.05) is 18.1 Å². The number of anilines is 1. The van der Waals surface area contributed by atoms with Crippen molar-refractivity contribution in [3.63, 3.8) is 0 Å². The Kier molecular flexibility index (Phi) is 8.30. The number of likely N-dealkylation sites (tertiary alicyclic amines) is 1. The zero-order valence-electron chi connectivity index (χ0n) is 21.8. The average molecular weight is 570 g/mol. The van der Waals surface area contributed by atoms with E-state index < -0.39 is 22.0 Å². The van der Waals surface area contributed by atoms with Crippen LogP contribution in [0.3, 0.4) is 0 Å². The van der Waals surface area contributed by atoms with Gasteiger partial charge in [-0.25, -0.2) is 8.42 Å². The third kappa shape index (κ3) is 6.32. The molecule has 0 unspecified atom stereocenters. The molecule has 2 heterocycles. The monoisotopic (exact) mass is 569 g/mol. The zero-order valence-corrected chi connectivity index (χ0v) is 23.4. The summed E-state index contributed by atoms with van der Waals surface area (Å²) in [6, 6.07) is 19.0. The second-order valence-corrected chi connectivity index (χ2v) is 12.1. The number of methoxy groups -OCH3 is 1. The maximum absolute atomic E-state index is 13.7. The van der Waals surface area contributed by atoms with Gasteiger partial charge >= 0.3 is 0 Å². The van der Waals surface area contributed by atoms with Gasteiger partial charge in [0.2, 0.25) is 0 Å². The molecule has 10 heteroatoms. The molecule has 0 spiro atoms. The highest BCUT2D eigenvalue weighted by Gasteiger charge is 2.37. The Balaban J connectivity index is 1.31. The SMILES string of the molecule is COc1ccc(S(=O)(=O)N2C[C@H](C(=O)NCc3cccc(CN4CCCCC4)c3)Oc3ccc(Cl)cc32)cc1. The van der Waals surface area contributed by atoms with Gasteiger partial charge in [-0.1, -0.05) is 42.3 Å². The minimum atomic E-state index is -4.02. The Hall–Kier alpha value is -3.27. The molecule has 0 bridgehead atoms. The van der Waals surface area contributed by atoms with E-state index in [4.69, 9.17) is 21.1 Å². The first-order valence-corrected chi connectivity index (χ1v) is 14.9. The second-order valence-electron chi connectivity index (χ2n) is 9.80. The Labute approximate surface area is 234 Å². The molecule has 2 aliphatic heterocycles. The first-order valence-electron chi connectivity index (χ1n) is 13.0. The summed E-state index contributed by atoms with van der Waals surface area (Å²) >= 11 is 6.19. The van der Waals surface area contributed by atoms with Crippen LogP contribution in [0.4, 0.5) is 5.69 Å². The maximum atomic E-state index is 13.7. The molecule has 1 N–H and O–H groups in total. The van der Waals surface area contributed by atoms with Gasteiger partial charge in [0.1, 0.15) is 11.5 Å². The van der Waals surface area contributed by atoms with Crippen LogP contribution in [0.1, 0.15) is 30.4 Å². The number of carbonyl (C=O) groups excluding carboxylic acids is 1. The van der Waals surface area contributed by atoms with Crippen LogP contribution < -0.4 is 19.1 Å². The number of piperidine rings is 1. The zero-order chi connectivity index (χ0) is 27.4. The van der Waals surface area contributed by atoms with Crippen LogP contribution in [-0.2, 0) is 27.9 Å². The van der Waals surface area contributed by atoms with E-state index in [9.17, 15) is 13.2 Å². The lowest BCUT2D eigenvalue weighted by Gasteiger charge is -2.35. The number of fused-ring (bicyclic) bond motifs is 1.